The van der Waals surface area contributed by atoms with Crippen molar-refractivity contribution in [2.75, 3.05) is 0 Å². The van der Waals surface area contributed by atoms with Gasteiger partial charge in [0.1, 0.15) is 18.6 Å². The lowest BCUT2D eigenvalue weighted by molar-refractivity contribution is -0.137. The Hall–Kier alpha value is -3.40. The van der Waals surface area contributed by atoms with Crippen molar-refractivity contribution in [1.29, 1.82) is 0 Å². The van der Waals surface area contributed by atoms with Crippen molar-refractivity contribution in [3.63, 3.8) is 0 Å². The lowest BCUT2D eigenvalue weighted by atomic mass is 9.93. The number of carboxylic acids is 1. The summed E-state index contributed by atoms with van der Waals surface area (Å²) in [5.74, 6) is -0.522. The molecule has 0 aliphatic carbocycles. The number of hydrogen-bond acceptors (Lipinski definition) is 3. The Labute approximate surface area is 164 Å². The fourth-order valence-corrected chi connectivity index (χ4v) is 3.14. The molecule has 0 saturated carbocycles. The maximum atomic E-state index is 11.0. The molecule has 1 unspecified atom stereocenters. The van der Waals surface area contributed by atoms with Gasteiger partial charge in [-0.3, -0.25) is 4.79 Å². The molecule has 3 aromatic carbocycles. The summed E-state index contributed by atoms with van der Waals surface area (Å²) >= 11 is 0. The van der Waals surface area contributed by atoms with Crippen LogP contribution in [0.2, 0.25) is 0 Å². The summed E-state index contributed by atoms with van der Waals surface area (Å²) in [7, 11) is 0. The zero-order valence-electron chi connectivity index (χ0n) is 15.5. The zero-order chi connectivity index (χ0) is 19.8. The van der Waals surface area contributed by atoms with E-state index >= 15 is 0 Å². The highest BCUT2D eigenvalue weighted by molar-refractivity contribution is 5.69. The van der Waals surface area contributed by atoms with Gasteiger partial charge in [0.15, 0.2) is 0 Å². The number of carboxylic acid groups (broad SMARTS) is 1. The van der Waals surface area contributed by atoms with Crippen LogP contribution in [0.4, 0.5) is 0 Å². The minimum absolute atomic E-state index is 0.0643. The van der Waals surface area contributed by atoms with E-state index in [1.807, 2.05) is 54.6 Å². The van der Waals surface area contributed by atoms with Gasteiger partial charge in [-0.05, 0) is 40.5 Å². The van der Waals surface area contributed by atoms with Crippen LogP contribution in [0.3, 0.4) is 0 Å². The summed E-state index contributed by atoms with van der Waals surface area (Å²) in [6, 6.07) is 25.7. The predicted octanol–water partition coefficient (Wildman–Crippen LogP) is 5.08. The van der Waals surface area contributed by atoms with Gasteiger partial charge in [-0.1, -0.05) is 60.7 Å². The SMILES string of the molecule is O=CCC(CC(=O)O)c1ccc(OCc2cccc(-c3ccccc3)c2)cc1. The molecule has 28 heavy (non-hydrogen) atoms. The molecule has 4 nitrogen and oxygen atoms in total. The smallest absolute Gasteiger partial charge is 0.303 e. The highest BCUT2D eigenvalue weighted by Crippen LogP contribution is 2.26. The molecule has 0 radical (unpaired) electrons. The second kappa shape index (κ2) is 9.51. The van der Waals surface area contributed by atoms with Crippen LogP contribution in [-0.4, -0.2) is 17.4 Å². The van der Waals surface area contributed by atoms with E-state index in [0.29, 0.717) is 12.4 Å². The van der Waals surface area contributed by atoms with Crippen molar-refractivity contribution < 1.29 is 19.4 Å². The first-order valence-electron chi connectivity index (χ1n) is 9.18. The first kappa shape index (κ1) is 19.4. The molecule has 3 aromatic rings. The lowest BCUT2D eigenvalue weighted by Crippen LogP contribution is -2.07. The van der Waals surface area contributed by atoms with Crippen LogP contribution in [0.25, 0.3) is 11.1 Å². The highest BCUT2D eigenvalue weighted by atomic mass is 16.5. The van der Waals surface area contributed by atoms with E-state index in [2.05, 4.69) is 24.3 Å². The summed E-state index contributed by atoms with van der Waals surface area (Å²) in [5.41, 5.74) is 4.19. The second-order valence-corrected chi connectivity index (χ2v) is 6.62. The Balaban J connectivity index is 1.65. The minimum Gasteiger partial charge on any atom is -0.489 e. The quantitative estimate of drug-likeness (QED) is 0.531. The summed E-state index contributed by atoms with van der Waals surface area (Å²) in [6.07, 6.45) is 0.891. The van der Waals surface area contributed by atoms with Gasteiger partial charge in [-0.25, -0.2) is 0 Å². The molecule has 0 aromatic heterocycles. The van der Waals surface area contributed by atoms with Crippen LogP contribution in [0.1, 0.15) is 29.9 Å². The number of carbonyl (C=O) groups is 2. The second-order valence-electron chi connectivity index (χ2n) is 6.62. The Morgan fingerprint density at radius 3 is 2.32 bits per heavy atom. The number of hydrogen-bond donors (Lipinski definition) is 1. The number of carbonyl (C=O) groups excluding carboxylic acids is 1. The number of rotatable bonds is 9. The van der Waals surface area contributed by atoms with Crippen LogP contribution in [0.15, 0.2) is 78.9 Å². The average molecular weight is 374 g/mol. The maximum Gasteiger partial charge on any atom is 0.303 e. The Morgan fingerprint density at radius 2 is 1.64 bits per heavy atom. The molecule has 3 rings (SSSR count). The van der Waals surface area contributed by atoms with Crippen molar-refractivity contribution in [2.24, 2.45) is 0 Å². The number of ether oxygens (including phenoxy) is 1. The fourth-order valence-electron chi connectivity index (χ4n) is 3.14. The van der Waals surface area contributed by atoms with Crippen molar-refractivity contribution in [3.8, 4) is 16.9 Å². The summed E-state index contributed by atoms with van der Waals surface area (Å²) in [6.45, 7) is 0.437. The molecule has 0 spiro atoms. The van der Waals surface area contributed by atoms with E-state index in [4.69, 9.17) is 9.84 Å². The summed E-state index contributed by atoms with van der Waals surface area (Å²) < 4.78 is 5.87. The molecular weight excluding hydrogens is 352 g/mol. The van der Waals surface area contributed by atoms with Gasteiger partial charge in [0, 0.05) is 12.3 Å². The topological polar surface area (TPSA) is 63.6 Å². The van der Waals surface area contributed by atoms with Crippen molar-refractivity contribution in [3.05, 3.63) is 90.0 Å². The van der Waals surface area contributed by atoms with E-state index in [-0.39, 0.29) is 18.8 Å². The molecule has 4 heteroatoms. The van der Waals surface area contributed by atoms with Gasteiger partial charge in [0.25, 0.3) is 0 Å². The molecule has 0 bridgehead atoms. The Kier molecular flexibility index (Phi) is 6.58. The Morgan fingerprint density at radius 1 is 0.929 bits per heavy atom. The number of benzene rings is 3. The molecule has 0 heterocycles. The average Bonchev–Trinajstić information content (AvgIpc) is 2.73. The van der Waals surface area contributed by atoms with Gasteiger partial charge in [0.05, 0.1) is 6.42 Å². The molecule has 0 fully saturated rings. The van der Waals surface area contributed by atoms with E-state index in [1.165, 1.54) is 0 Å². The van der Waals surface area contributed by atoms with E-state index in [1.54, 1.807) is 0 Å². The van der Waals surface area contributed by atoms with E-state index < -0.39 is 5.97 Å². The van der Waals surface area contributed by atoms with Crippen LogP contribution < -0.4 is 4.74 Å². The van der Waals surface area contributed by atoms with Crippen molar-refractivity contribution >= 4 is 12.3 Å². The molecular formula is C24H22O4. The van der Waals surface area contributed by atoms with E-state index in [9.17, 15) is 9.59 Å². The number of aliphatic carboxylic acids is 1. The third-order valence-corrected chi connectivity index (χ3v) is 4.59. The third-order valence-electron chi connectivity index (χ3n) is 4.59. The summed E-state index contributed by atoms with van der Waals surface area (Å²) in [5, 5.41) is 9.00. The Bertz CT molecular complexity index is 917. The molecule has 0 saturated heterocycles. The summed E-state index contributed by atoms with van der Waals surface area (Å²) in [4.78, 5) is 21.8. The minimum atomic E-state index is -0.912. The zero-order valence-corrected chi connectivity index (χ0v) is 15.5. The monoisotopic (exact) mass is 374 g/mol. The molecule has 1 atom stereocenters. The number of aldehydes is 1. The molecule has 0 aliphatic heterocycles. The van der Waals surface area contributed by atoms with Crippen molar-refractivity contribution in [2.45, 2.75) is 25.4 Å². The van der Waals surface area contributed by atoms with Crippen molar-refractivity contribution in [1.82, 2.24) is 0 Å². The molecule has 1 N–H and O–H groups in total. The normalized spacial score (nSPS) is 11.6. The van der Waals surface area contributed by atoms with Crippen LogP contribution in [0.5, 0.6) is 5.75 Å². The van der Waals surface area contributed by atoms with Gasteiger partial charge in [-0.2, -0.15) is 0 Å². The predicted molar refractivity (Wildman–Crippen MR) is 108 cm³/mol. The van der Waals surface area contributed by atoms with Crippen LogP contribution in [-0.2, 0) is 16.2 Å². The first-order chi connectivity index (χ1) is 13.7. The van der Waals surface area contributed by atoms with Crippen LogP contribution in [0, 0.1) is 0 Å². The third kappa shape index (κ3) is 5.30. The van der Waals surface area contributed by atoms with Crippen LogP contribution >= 0.6 is 0 Å². The molecule has 142 valence electrons. The van der Waals surface area contributed by atoms with Gasteiger partial charge >= 0.3 is 5.97 Å². The maximum absolute atomic E-state index is 11.0. The van der Waals surface area contributed by atoms with Gasteiger partial charge in [-0.15, -0.1) is 0 Å². The first-order valence-corrected chi connectivity index (χ1v) is 9.18. The highest BCUT2D eigenvalue weighted by Gasteiger charge is 2.15. The van der Waals surface area contributed by atoms with E-state index in [0.717, 1.165) is 28.5 Å². The van der Waals surface area contributed by atoms with Gasteiger partial charge in [0.2, 0.25) is 0 Å². The lowest BCUT2D eigenvalue weighted by Gasteiger charge is -2.13. The van der Waals surface area contributed by atoms with Gasteiger partial charge < -0.3 is 14.6 Å². The molecule has 0 aliphatic rings. The standard InChI is InChI=1S/C24H22O4/c25-14-13-22(16-24(26)27)20-9-11-23(12-10-20)28-17-18-5-4-8-21(15-18)19-6-2-1-3-7-19/h1-12,14-15,22H,13,16-17H2,(H,26,27). The largest absolute Gasteiger partial charge is 0.489 e. The fraction of sp³-hybridized carbons (Fsp3) is 0.167. The molecule has 0 amide bonds.